The molecular formula is C36H40N4O. The number of pyridine rings is 1. The van der Waals surface area contributed by atoms with Crippen molar-refractivity contribution in [2.75, 3.05) is 25.0 Å². The Hall–Kier alpha value is -4.22. The lowest BCUT2D eigenvalue weighted by atomic mass is 10.0. The zero-order valence-electron chi connectivity index (χ0n) is 24.2. The van der Waals surface area contributed by atoms with E-state index in [2.05, 4.69) is 113 Å². The fourth-order valence-electron chi connectivity index (χ4n) is 5.48. The van der Waals surface area contributed by atoms with Gasteiger partial charge in [-0.25, -0.2) is 0 Å². The molecule has 0 radical (unpaired) electrons. The van der Waals surface area contributed by atoms with E-state index in [0.717, 1.165) is 61.4 Å². The molecular weight excluding hydrogens is 504 g/mol. The summed E-state index contributed by atoms with van der Waals surface area (Å²) in [5.41, 5.74) is 7.02. The Morgan fingerprint density at radius 3 is 2.12 bits per heavy atom. The number of piperidine rings is 1. The predicted molar refractivity (Wildman–Crippen MR) is 169 cm³/mol. The summed E-state index contributed by atoms with van der Waals surface area (Å²) < 4.78 is 0. The maximum absolute atomic E-state index is 13.7. The predicted octanol–water partition coefficient (Wildman–Crippen LogP) is 7.12. The quantitative estimate of drug-likeness (QED) is 0.199. The number of hydrogen-bond acceptors (Lipinski definition) is 4. The first-order chi connectivity index (χ1) is 20.1. The number of hydrogen-bond donors (Lipinski definition) is 0. The fourth-order valence-corrected chi connectivity index (χ4v) is 5.48. The number of rotatable bonds is 10. The van der Waals surface area contributed by atoms with Crippen molar-refractivity contribution in [3.8, 4) is 0 Å². The van der Waals surface area contributed by atoms with E-state index in [1.54, 1.807) is 18.5 Å². The van der Waals surface area contributed by atoms with Gasteiger partial charge < -0.3 is 9.80 Å². The Kier molecular flexibility index (Phi) is 9.61. The van der Waals surface area contributed by atoms with Crippen molar-refractivity contribution in [2.45, 2.75) is 45.3 Å². The average molecular weight is 545 g/mol. The molecule has 5 nitrogen and oxygen atoms in total. The Morgan fingerprint density at radius 1 is 0.829 bits per heavy atom. The molecule has 0 bridgehead atoms. The van der Waals surface area contributed by atoms with Gasteiger partial charge in [0.15, 0.2) is 0 Å². The second-order valence-corrected chi connectivity index (χ2v) is 10.8. The van der Waals surface area contributed by atoms with E-state index in [4.69, 9.17) is 0 Å². The highest BCUT2D eigenvalue weighted by Crippen LogP contribution is 2.25. The number of anilines is 2. The van der Waals surface area contributed by atoms with Crippen LogP contribution in [-0.4, -0.2) is 46.9 Å². The standard InChI is InChI=1S/C36H40N4O/c1-3-29-9-11-30(12-10-29)15-18-36(41)40(35-21-25-39(26-22-35)27-31-7-5-4-6-8-31)28-32-13-16-33(17-14-32)38(2)34-19-23-37-24-20-34/h4-20,23-24,35H,3,21-22,25-28H2,1-2H3/b18-15+. The summed E-state index contributed by atoms with van der Waals surface area (Å²) in [6, 6.07) is 31.9. The van der Waals surface area contributed by atoms with E-state index in [-0.39, 0.29) is 11.9 Å². The Morgan fingerprint density at radius 2 is 1.46 bits per heavy atom. The molecule has 0 N–H and O–H groups in total. The Bertz CT molecular complexity index is 1390. The Balaban J connectivity index is 1.29. The first-order valence-electron chi connectivity index (χ1n) is 14.7. The van der Waals surface area contributed by atoms with Crippen LogP contribution < -0.4 is 4.90 Å². The van der Waals surface area contributed by atoms with Gasteiger partial charge in [0.2, 0.25) is 5.91 Å². The highest BCUT2D eigenvalue weighted by atomic mass is 16.2. The first-order valence-corrected chi connectivity index (χ1v) is 14.7. The van der Waals surface area contributed by atoms with Gasteiger partial charge in [0, 0.05) is 69.1 Å². The van der Waals surface area contributed by atoms with Crippen molar-refractivity contribution in [1.29, 1.82) is 0 Å². The van der Waals surface area contributed by atoms with E-state index in [0.29, 0.717) is 6.54 Å². The minimum absolute atomic E-state index is 0.0732. The third-order valence-corrected chi connectivity index (χ3v) is 8.06. The van der Waals surface area contributed by atoms with Gasteiger partial charge in [-0.15, -0.1) is 0 Å². The van der Waals surface area contributed by atoms with Crippen LogP contribution in [0.4, 0.5) is 11.4 Å². The fraction of sp³-hybridized carbons (Fsp3) is 0.278. The molecule has 0 aliphatic carbocycles. The monoisotopic (exact) mass is 544 g/mol. The van der Waals surface area contributed by atoms with Crippen LogP contribution in [0.2, 0.25) is 0 Å². The van der Waals surface area contributed by atoms with Gasteiger partial charge in [-0.3, -0.25) is 14.7 Å². The highest BCUT2D eigenvalue weighted by Gasteiger charge is 2.27. The molecule has 0 unspecified atom stereocenters. The van der Waals surface area contributed by atoms with Crippen LogP contribution in [0.3, 0.4) is 0 Å². The van der Waals surface area contributed by atoms with E-state index < -0.39 is 0 Å². The van der Waals surface area contributed by atoms with Crippen molar-refractivity contribution < 1.29 is 4.79 Å². The van der Waals surface area contributed by atoms with Crippen molar-refractivity contribution in [1.82, 2.24) is 14.8 Å². The molecule has 0 spiro atoms. The number of aromatic nitrogens is 1. The molecule has 1 aliphatic heterocycles. The molecule has 2 heterocycles. The summed E-state index contributed by atoms with van der Waals surface area (Å²) in [5.74, 6) is 0.0732. The smallest absolute Gasteiger partial charge is 0.247 e. The van der Waals surface area contributed by atoms with Crippen molar-refractivity contribution in [3.05, 3.63) is 132 Å². The van der Waals surface area contributed by atoms with Gasteiger partial charge in [-0.1, -0.05) is 73.7 Å². The molecule has 5 rings (SSSR count). The molecule has 0 saturated carbocycles. The second-order valence-electron chi connectivity index (χ2n) is 10.8. The lowest BCUT2D eigenvalue weighted by Gasteiger charge is -2.38. The Labute approximate surface area is 244 Å². The second kappa shape index (κ2) is 13.9. The van der Waals surface area contributed by atoms with Crippen molar-refractivity contribution in [2.24, 2.45) is 0 Å². The molecule has 1 aliphatic rings. The number of aryl methyl sites for hydroxylation is 1. The van der Waals surface area contributed by atoms with Crippen LogP contribution in [0.1, 0.15) is 42.0 Å². The van der Waals surface area contributed by atoms with Crippen LogP contribution in [0.15, 0.2) is 109 Å². The largest absolute Gasteiger partial charge is 0.345 e. The molecule has 1 saturated heterocycles. The van der Waals surface area contributed by atoms with Crippen LogP contribution in [0.25, 0.3) is 6.08 Å². The number of carbonyl (C=O) groups excluding carboxylic acids is 1. The first kappa shape index (κ1) is 28.3. The molecule has 3 aromatic carbocycles. The number of amides is 1. The molecule has 210 valence electrons. The van der Waals surface area contributed by atoms with Gasteiger partial charge in [-0.05, 0) is 71.9 Å². The van der Waals surface area contributed by atoms with Crippen LogP contribution in [-0.2, 0) is 24.3 Å². The average Bonchev–Trinajstić information content (AvgIpc) is 3.04. The van der Waals surface area contributed by atoms with Gasteiger partial charge in [0.05, 0.1) is 0 Å². The minimum Gasteiger partial charge on any atom is -0.345 e. The summed E-state index contributed by atoms with van der Waals surface area (Å²) in [7, 11) is 2.06. The van der Waals surface area contributed by atoms with Crippen molar-refractivity contribution in [3.63, 3.8) is 0 Å². The van der Waals surface area contributed by atoms with Gasteiger partial charge >= 0.3 is 0 Å². The lowest BCUT2D eigenvalue weighted by molar-refractivity contribution is -0.130. The molecule has 1 fully saturated rings. The third-order valence-electron chi connectivity index (χ3n) is 8.06. The maximum atomic E-state index is 13.7. The highest BCUT2D eigenvalue weighted by molar-refractivity contribution is 5.92. The van der Waals surface area contributed by atoms with Gasteiger partial charge in [-0.2, -0.15) is 0 Å². The van der Waals surface area contributed by atoms with Crippen LogP contribution in [0.5, 0.6) is 0 Å². The molecule has 0 atom stereocenters. The molecule has 4 aromatic rings. The van der Waals surface area contributed by atoms with Gasteiger partial charge in [0.25, 0.3) is 0 Å². The number of likely N-dealkylation sites (tertiary alicyclic amines) is 1. The van der Waals surface area contributed by atoms with Crippen LogP contribution >= 0.6 is 0 Å². The number of carbonyl (C=O) groups is 1. The van der Waals surface area contributed by atoms with Crippen LogP contribution in [0, 0.1) is 0 Å². The minimum atomic E-state index is 0.0732. The molecule has 1 aromatic heterocycles. The number of nitrogens with zero attached hydrogens (tertiary/aromatic N) is 4. The molecule has 5 heteroatoms. The summed E-state index contributed by atoms with van der Waals surface area (Å²) in [6.07, 6.45) is 10.3. The summed E-state index contributed by atoms with van der Waals surface area (Å²) in [5, 5.41) is 0. The van der Waals surface area contributed by atoms with E-state index in [1.807, 2.05) is 18.2 Å². The van der Waals surface area contributed by atoms with Crippen molar-refractivity contribution >= 4 is 23.4 Å². The normalized spacial score (nSPS) is 14.3. The third kappa shape index (κ3) is 7.71. The summed E-state index contributed by atoms with van der Waals surface area (Å²) in [6.45, 7) is 5.69. The molecule has 1 amide bonds. The lowest BCUT2D eigenvalue weighted by Crippen LogP contribution is -2.46. The van der Waals surface area contributed by atoms with E-state index in [1.165, 1.54) is 11.1 Å². The van der Waals surface area contributed by atoms with E-state index in [9.17, 15) is 4.79 Å². The van der Waals surface area contributed by atoms with E-state index >= 15 is 0 Å². The maximum Gasteiger partial charge on any atom is 0.247 e. The zero-order valence-corrected chi connectivity index (χ0v) is 24.2. The summed E-state index contributed by atoms with van der Waals surface area (Å²) in [4.78, 5) is 24.5. The summed E-state index contributed by atoms with van der Waals surface area (Å²) >= 11 is 0. The SMILES string of the molecule is CCc1ccc(/C=C/C(=O)N(Cc2ccc(N(C)c3ccncc3)cc2)C2CCN(Cc3ccccc3)CC2)cc1. The number of benzene rings is 3. The zero-order chi connectivity index (χ0) is 28.4. The van der Waals surface area contributed by atoms with Gasteiger partial charge in [0.1, 0.15) is 0 Å². The topological polar surface area (TPSA) is 39.7 Å². The molecule has 41 heavy (non-hydrogen) atoms.